The quantitative estimate of drug-likeness (QED) is 0.235. The number of allylic oxidation sites excluding steroid dienone is 4. The van der Waals surface area contributed by atoms with E-state index < -0.39 is 41.5 Å². The van der Waals surface area contributed by atoms with Crippen LogP contribution in [0, 0.1) is 11.3 Å². The van der Waals surface area contributed by atoms with Gasteiger partial charge in [0.15, 0.2) is 11.5 Å². The Morgan fingerprint density at radius 2 is 1.82 bits per heavy atom. The number of aliphatic hydroxyl groups excluding tert-OH is 1. The molecule has 9 heteroatoms. The van der Waals surface area contributed by atoms with Crippen LogP contribution in [0.2, 0.25) is 0 Å². The largest absolute Gasteiger partial charge is 0.504 e. The van der Waals surface area contributed by atoms with Gasteiger partial charge in [0.1, 0.15) is 6.04 Å². The number of benzene rings is 1. The van der Waals surface area contributed by atoms with E-state index in [4.69, 9.17) is 9.84 Å². The van der Waals surface area contributed by atoms with Crippen molar-refractivity contribution in [3.63, 3.8) is 0 Å². The predicted octanol–water partition coefficient (Wildman–Crippen LogP) is 5.42. The third-order valence-corrected chi connectivity index (χ3v) is 8.20. The number of aliphatic carboxylic acids is 2. The Kier molecular flexibility index (Phi) is 10.1. The molecule has 0 radical (unpaired) electrons. The molecule has 0 saturated carbocycles. The fourth-order valence-electron chi connectivity index (χ4n) is 5.53. The van der Waals surface area contributed by atoms with Crippen LogP contribution in [0.1, 0.15) is 101 Å². The molecule has 2 heterocycles. The van der Waals surface area contributed by atoms with E-state index in [1.165, 1.54) is 22.1 Å². The number of carboxylic acid groups (broad SMARTS) is 2. The molecule has 1 amide bonds. The van der Waals surface area contributed by atoms with Crippen LogP contribution < -0.4 is 4.74 Å². The Morgan fingerprint density at radius 3 is 2.45 bits per heavy atom. The van der Waals surface area contributed by atoms with Crippen LogP contribution >= 0.6 is 0 Å². The first-order valence-electron chi connectivity index (χ1n) is 14.0. The van der Waals surface area contributed by atoms with Crippen LogP contribution in [0.25, 0.3) is 0 Å². The molecule has 0 fully saturated rings. The first kappa shape index (κ1) is 31.2. The molecule has 0 bridgehead atoms. The summed E-state index contributed by atoms with van der Waals surface area (Å²) in [6, 6.07) is 0.162. The number of aromatic hydroxyl groups is 1. The Morgan fingerprint density at radius 1 is 1.12 bits per heavy atom. The maximum absolute atomic E-state index is 13.3. The van der Waals surface area contributed by atoms with Gasteiger partial charge in [0, 0.05) is 23.1 Å². The monoisotopic (exact) mass is 557 g/mol. The first-order valence-corrected chi connectivity index (χ1v) is 14.0. The predicted molar refractivity (Wildman–Crippen MR) is 150 cm³/mol. The van der Waals surface area contributed by atoms with E-state index >= 15 is 0 Å². The zero-order valence-electron chi connectivity index (χ0n) is 24.2. The molecule has 2 unspecified atom stereocenters. The van der Waals surface area contributed by atoms with Crippen LogP contribution in [0.3, 0.4) is 0 Å². The van der Waals surface area contributed by atoms with Gasteiger partial charge in [0.05, 0.1) is 5.92 Å². The number of hydrogen-bond acceptors (Lipinski definition) is 6. The Labute approximate surface area is 236 Å². The van der Waals surface area contributed by atoms with Crippen molar-refractivity contribution in [2.24, 2.45) is 11.3 Å². The van der Waals surface area contributed by atoms with Gasteiger partial charge in [-0.3, -0.25) is 9.59 Å². The highest BCUT2D eigenvalue weighted by molar-refractivity contribution is 6.01. The molecule has 0 aliphatic carbocycles. The molecule has 1 aromatic carbocycles. The Hall–Kier alpha value is -3.33. The van der Waals surface area contributed by atoms with Crippen LogP contribution in [0.15, 0.2) is 29.4 Å². The van der Waals surface area contributed by atoms with Gasteiger partial charge in [-0.05, 0) is 83.8 Å². The lowest BCUT2D eigenvalue weighted by molar-refractivity contribution is -0.142. The number of carbonyl (C=O) groups excluding carboxylic acids is 1. The third kappa shape index (κ3) is 7.05. The number of amides is 1. The highest BCUT2D eigenvalue weighted by Gasteiger charge is 2.45. The van der Waals surface area contributed by atoms with Crippen molar-refractivity contribution >= 4 is 17.8 Å². The minimum absolute atomic E-state index is 0.0428. The molecular formula is C31H43NO8. The van der Waals surface area contributed by atoms with Crippen molar-refractivity contribution in [3.05, 3.63) is 46.1 Å². The second kappa shape index (κ2) is 12.9. The fraction of sp³-hybridized carbons (Fsp3) is 0.581. The molecule has 2 aliphatic rings. The van der Waals surface area contributed by atoms with Gasteiger partial charge in [0.25, 0.3) is 5.91 Å². The maximum Gasteiger partial charge on any atom is 0.326 e. The van der Waals surface area contributed by atoms with Crippen molar-refractivity contribution in [1.82, 2.24) is 4.90 Å². The van der Waals surface area contributed by atoms with E-state index in [-0.39, 0.29) is 30.0 Å². The molecule has 0 saturated heterocycles. The van der Waals surface area contributed by atoms with Crippen molar-refractivity contribution in [3.8, 4) is 11.5 Å². The van der Waals surface area contributed by atoms with Crippen molar-refractivity contribution < 1.29 is 39.5 Å². The molecule has 1 aromatic rings. The van der Waals surface area contributed by atoms with E-state index in [0.717, 1.165) is 19.3 Å². The topological polar surface area (TPSA) is 145 Å². The summed E-state index contributed by atoms with van der Waals surface area (Å²) in [5.74, 6) is -3.34. The highest BCUT2D eigenvalue weighted by Crippen LogP contribution is 2.49. The van der Waals surface area contributed by atoms with Crippen molar-refractivity contribution in [2.75, 3.05) is 0 Å². The van der Waals surface area contributed by atoms with Crippen LogP contribution in [0.4, 0.5) is 0 Å². The number of phenolic OH excluding ortho intramolecular Hbond substituents is 1. The van der Waals surface area contributed by atoms with Crippen molar-refractivity contribution in [2.45, 2.75) is 105 Å². The SMILES string of the molecule is CC(C)=CCC/C(C)=C/CC[C@]1(C)Cc2c3c(cc(O)c2O[C@@H]1O)C(=O)N(C(CCCC(C)C(=O)O)C(=O)O)C3. The summed E-state index contributed by atoms with van der Waals surface area (Å²) in [7, 11) is 0. The molecule has 0 spiro atoms. The highest BCUT2D eigenvalue weighted by atomic mass is 16.6. The summed E-state index contributed by atoms with van der Waals surface area (Å²) in [6.07, 6.45) is 7.64. The molecule has 3 rings (SSSR count). The lowest BCUT2D eigenvalue weighted by Gasteiger charge is -2.40. The van der Waals surface area contributed by atoms with Gasteiger partial charge >= 0.3 is 11.9 Å². The van der Waals surface area contributed by atoms with Gasteiger partial charge in [-0.2, -0.15) is 0 Å². The number of fused-ring (bicyclic) bond motifs is 3. The zero-order valence-corrected chi connectivity index (χ0v) is 24.2. The van der Waals surface area contributed by atoms with Crippen LogP contribution in [-0.2, 0) is 22.6 Å². The standard InChI is InChI=1S/C31H43NO8/c1-18(2)9-6-10-19(3)11-8-14-31(5)16-22-23-17-32(24(29(37)38)13-7-12-20(4)28(35)36)27(34)21(23)15-25(33)26(22)40-30(31)39/h9,11,15,20,24,30,33,39H,6-8,10,12-14,16-17H2,1-5H3,(H,35,36)(H,37,38)/b19-11+/t20?,24?,30-,31+/m0/s1. The van der Waals surface area contributed by atoms with Gasteiger partial charge in [-0.25, -0.2) is 4.79 Å². The molecule has 4 atom stereocenters. The summed E-state index contributed by atoms with van der Waals surface area (Å²) in [4.78, 5) is 37.9. The Balaban J connectivity index is 1.79. The number of phenols is 1. The summed E-state index contributed by atoms with van der Waals surface area (Å²) < 4.78 is 5.82. The van der Waals surface area contributed by atoms with E-state index in [9.17, 15) is 29.7 Å². The minimum Gasteiger partial charge on any atom is -0.504 e. The fourth-order valence-corrected chi connectivity index (χ4v) is 5.53. The molecule has 40 heavy (non-hydrogen) atoms. The first-order chi connectivity index (χ1) is 18.7. The summed E-state index contributed by atoms with van der Waals surface area (Å²) in [6.45, 7) is 9.78. The summed E-state index contributed by atoms with van der Waals surface area (Å²) >= 11 is 0. The lowest BCUT2D eigenvalue weighted by atomic mass is 9.75. The Bertz CT molecular complexity index is 1200. The van der Waals surface area contributed by atoms with E-state index in [2.05, 4.69) is 32.9 Å². The number of carbonyl (C=O) groups is 3. The average Bonchev–Trinajstić information content (AvgIpc) is 3.18. The van der Waals surface area contributed by atoms with Gasteiger partial charge in [0.2, 0.25) is 6.29 Å². The van der Waals surface area contributed by atoms with Gasteiger partial charge in [-0.1, -0.05) is 37.1 Å². The second-order valence-corrected chi connectivity index (χ2v) is 11.9. The zero-order chi connectivity index (χ0) is 29.8. The maximum atomic E-state index is 13.3. The van der Waals surface area contributed by atoms with E-state index in [1.807, 2.05) is 6.92 Å². The van der Waals surface area contributed by atoms with E-state index in [0.29, 0.717) is 36.8 Å². The number of carboxylic acids is 2. The van der Waals surface area contributed by atoms with E-state index in [1.54, 1.807) is 6.92 Å². The molecule has 9 nitrogen and oxygen atoms in total. The van der Waals surface area contributed by atoms with Crippen LogP contribution in [-0.4, -0.2) is 55.5 Å². The number of rotatable bonds is 13. The van der Waals surface area contributed by atoms with Gasteiger partial charge in [-0.15, -0.1) is 0 Å². The average molecular weight is 558 g/mol. The van der Waals surface area contributed by atoms with Gasteiger partial charge < -0.3 is 30.1 Å². The van der Waals surface area contributed by atoms with Crippen molar-refractivity contribution in [1.29, 1.82) is 0 Å². The second-order valence-electron chi connectivity index (χ2n) is 11.9. The number of aliphatic hydroxyl groups is 1. The summed E-state index contributed by atoms with van der Waals surface area (Å²) in [5, 5.41) is 40.6. The van der Waals surface area contributed by atoms with Crippen LogP contribution in [0.5, 0.6) is 11.5 Å². The minimum atomic E-state index is -1.16. The molecule has 2 aliphatic heterocycles. The summed E-state index contributed by atoms with van der Waals surface area (Å²) in [5.41, 5.74) is 3.34. The number of hydrogen-bond donors (Lipinski definition) is 4. The molecular weight excluding hydrogens is 514 g/mol. The normalized spacial score (nSPS) is 21.8. The molecule has 220 valence electrons. The lowest BCUT2D eigenvalue weighted by Crippen LogP contribution is -2.42. The molecule has 4 N–H and O–H groups in total. The number of ether oxygens (including phenoxy) is 1. The smallest absolute Gasteiger partial charge is 0.326 e. The molecule has 0 aromatic heterocycles. The third-order valence-electron chi connectivity index (χ3n) is 8.20. The number of nitrogens with zero attached hydrogens (tertiary/aromatic N) is 1.